The first-order valence-corrected chi connectivity index (χ1v) is 7.61. The molecule has 1 atom stereocenters. The van der Waals surface area contributed by atoms with Gasteiger partial charge in [0, 0.05) is 24.0 Å². The highest BCUT2D eigenvalue weighted by molar-refractivity contribution is 7.98. The van der Waals surface area contributed by atoms with E-state index in [9.17, 15) is 0 Å². The maximum atomic E-state index is 6.22. The predicted molar refractivity (Wildman–Crippen MR) is 76.9 cm³/mol. The number of fused-ring (bicyclic) bond motifs is 1. The van der Waals surface area contributed by atoms with Gasteiger partial charge in [-0.25, -0.2) is 0 Å². The first kappa shape index (κ1) is 13.8. The Morgan fingerprint density at radius 2 is 2.17 bits per heavy atom. The van der Waals surface area contributed by atoms with E-state index in [0.29, 0.717) is 24.0 Å². The average Bonchev–Trinajstić information content (AvgIpc) is 2.54. The summed E-state index contributed by atoms with van der Waals surface area (Å²) < 4.78 is 11.2. The molecule has 1 aromatic carbocycles. The van der Waals surface area contributed by atoms with Crippen molar-refractivity contribution in [1.29, 1.82) is 0 Å². The fraction of sp³-hybridized carbons (Fsp3) is 0.538. The number of hydrogen-bond acceptors (Lipinski definition) is 4. The first-order valence-electron chi connectivity index (χ1n) is 6.08. The Morgan fingerprint density at radius 1 is 1.39 bits per heavy atom. The highest BCUT2D eigenvalue weighted by Gasteiger charge is 2.15. The molecular formula is C13H18ClNO2S. The number of nitrogens with two attached hydrogens (primary N) is 1. The second kappa shape index (κ2) is 6.55. The summed E-state index contributed by atoms with van der Waals surface area (Å²) in [6.07, 6.45) is 0.889. The molecule has 3 nitrogen and oxygen atoms in total. The Balaban J connectivity index is 2.08. The van der Waals surface area contributed by atoms with Gasteiger partial charge in [0.25, 0.3) is 0 Å². The van der Waals surface area contributed by atoms with Crippen molar-refractivity contribution in [3.8, 4) is 11.5 Å². The molecule has 0 radical (unpaired) electrons. The Labute approximate surface area is 117 Å². The van der Waals surface area contributed by atoms with Gasteiger partial charge in [-0.2, -0.15) is 11.8 Å². The summed E-state index contributed by atoms with van der Waals surface area (Å²) in [6.45, 7) is 3.35. The maximum absolute atomic E-state index is 6.22. The molecule has 1 heterocycles. The van der Waals surface area contributed by atoms with Crippen LogP contribution in [-0.4, -0.2) is 25.0 Å². The Morgan fingerprint density at radius 3 is 2.94 bits per heavy atom. The molecule has 5 heteroatoms. The lowest BCUT2D eigenvalue weighted by molar-refractivity contribution is 0.297. The van der Waals surface area contributed by atoms with Gasteiger partial charge in [-0.3, -0.25) is 0 Å². The number of hydrogen-bond donors (Lipinski definition) is 1. The van der Waals surface area contributed by atoms with Crippen molar-refractivity contribution in [3.05, 3.63) is 22.7 Å². The third-order valence-electron chi connectivity index (χ3n) is 2.51. The number of ether oxygens (including phenoxy) is 2. The van der Waals surface area contributed by atoms with Gasteiger partial charge in [-0.15, -0.1) is 0 Å². The second-order valence-electron chi connectivity index (χ2n) is 4.45. The molecule has 18 heavy (non-hydrogen) atoms. The van der Waals surface area contributed by atoms with Gasteiger partial charge < -0.3 is 15.2 Å². The summed E-state index contributed by atoms with van der Waals surface area (Å²) in [5.74, 6) is 3.26. The molecule has 1 aliphatic rings. The van der Waals surface area contributed by atoms with Crippen LogP contribution >= 0.6 is 23.4 Å². The number of halogens is 1. The molecule has 2 rings (SSSR count). The lowest BCUT2D eigenvalue weighted by atomic mass is 10.2. The topological polar surface area (TPSA) is 44.5 Å². The molecule has 0 aliphatic carbocycles. The smallest absolute Gasteiger partial charge is 0.179 e. The lowest BCUT2D eigenvalue weighted by Crippen LogP contribution is -2.17. The van der Waals surface area contributed by atoms with E-state index in [1.165, 1.54) is 0 Å². The maximum Gasteiger partial charge on any atom is 0.179 e. The summed E-state index contributed by atoms with van der Waals surface area (Å²) in [7, 11) is 0. The van der Waals surface area contributed by atoms with Crippen LogP contribution in [0.1, 0.15) is 18.9 Å². The molecule has 0 spiro atoms. The van der Waals surface area contributed by atoms with E-state index in [4.69, 9.17) is 26.8 Å². The second-order valence-corrected chi connectivity index (χ2v) is 5.89. The van der Waals surface area contributed by atoms with Crippen molar-refractivity contribution in [1.82, 2.24) is 0 Å². The molecule has 100 valence electrons. The van der Waals surface area contributed by atoms with Crippen molar-refractivity contribution in [3.63, 3.8) is 0 Å². The molecule has 1 aromatic rings. The highest BCUT2D eigenvalue weighted by atomic mass is 35.5. The Hall–Kier alpha value is -0.580. The molecule has 1 aliphatic heterocycles. The quantitative estimate of drug-likeness (QED) is 0.924. The van der Waals surface area contributed by atoms with E-state index >= 15 is 0 Å². The summed E-state index contributed by atoms with van der Waals surface area (Å²) in [6, 6.07) is 4.18. The predicted octanol–water partition coefficient (Wildman–Crippen LogP) is 3.08. The van der Waals surface area contributed by atoms with E-state index in [1.807, 2.05) is 19.1 Å². The van der Waals surface area contributed by atoms with Gasteiger partial charge in [-0.1, -0.05) is 11.6 Å². The van der Waals surface area contributed by atoms with Crippen LogP contribution in [0.3, 0.4) is 0 Å². The zero-order valence-corrected chi connectivity index (χ0v) is 12.0. The van der Waals surface area contributed by atoms with E-state index in [2.05, 4.69) is 0 Å². The van der Waals surface area contributed by atoms with Crippen LogP contribution < -0.4 is 15.2 Å². The van der Waals surface area contributed by atoms with Crippen LogP contribution in [0.5, 0.6) is 11.5 Å². The minimum Gasteiger partial charge on any atom is -0.489 e. The Kier molecular flexibility index (Phi) is 5.03. The highest BCUT2D eigenvalue weighted by Crippen LogP contribution is 2.38. The zero-order valence-electron chi connectivity index (χ0n) is 10.4. The summed E-state index contributed by atoms with van der Waals surface area (Å²) in [4.78, 5) is 0. The van der Waals surface area contributed by atoms with Crippen LogP contribution in [-0.2, 0) is 5.75 Å². The van der Waals surface area contributed by atoms with Gasteiger partial charge in [0.2, 0.25) is 0 Å². The van der Waals surface area contributed by atoms with Crippen molar-refractivity contribution < 1.29 is 9.47 Å². The molecular weight excluding hydrogens is 270 g/mol. The summed E-state index contributed by atoms with van der Waals surface area (Å²) in [5.41, 5.74) is 6.87. The third-order valence-corrected chi connectivity index (χ3v) is 4.09. The van der Waals surface area contributed by atoms with Crippen molar-refractivity contribution in [2.75, 3.05) is 19.0 Å². The minimum absolute atomic E-state index is 0.214. The van der Waals surface area contributed by atoms with E-state index in [0.717, 1.165) is 29.2 Å². The van der Waals surface area contributed by atoms with Crippen LogP contribution in [0, 0.1) is 0 Å². The molecule has 0 amide bonds. The monoisotopic (exact) mass is 287 g/mol. The summed E-state index contributed by atoms with van der Waals surface area (Å²) in [5, 5.41) is 0.630. The van der Waals surface area contributed by atoms with E-state index < -0.39 is 0 Å². The van der Waals surface area contributed by atoms with Crippen LogP contribution in [0.4, 0.5) is 0 Å². The van der Waals surface area contributed by atoms with Crippen LogP contribution in [0.25, 0.3) is 0 Å². The lowest BCUT2D eigenvalue weighted by Gasteiger charge is -2.12. The first-order chi connectivity index (χ1) is 8.66. The fourth-order valence-electron chi connectivity index (χ4n) is 1.73. The fourth-order valence-corrected chi connectivity index (χ4v) is 2.91. The van der Waals surface area contributed by atoms with E-state index in [-0.39, 0.29) is 6.04 Å². The SMILES string of the molecule is CC(N)CSCc1cc(Cl)c2c(c1)OCCCO2. The van der Waals surface area contributed by atoms with Crippen LogP contribution in [0.15, 0.2) is 12.1 Å². The largest absolute Gasteiger partial charge is 0.489 e. The Bertz CT molecular complexity index is 412. The van der Waals surface area contributed by atoms with Crippen molar-refractivity contribution in [2.24, 2.45) is 5.73 Å². The van der Waals surface area contributed by atoms with Gasteiger partial charge in [0.05, 0.1) is 18.2 Å². The molecule has 0 saturated heterocycles. The van der Waals surface area contributed by atoms with Gasteiger partial charge >= 0.3 is 0 Å². The molecule has 0 saturated carbocycles. The van der Waals surface area contributed by atoms with Gasteiger partial charge in [0.15, 0.2) is 11.5 Å². The van der Waals surface area contributed by atoms with Crippen molar-refractivity contribution >= 4 is 23.4 Å². The molecule has 1 unspecified atom stereocenters. The number of thioether (sulfide) groups is 1. The minimum atomic E-state index is 0.214. The van der Waals surface area contributed by atoms with Gasteiger partial charge in [0.1, 0.15) is 0 Å². The molecule has 0 aromatic heterocycles. The summed E-state index contributed by atoms with van der Waals surface area (Å²) >= 11 is 8.02. The third kappa shape index (κ3) is 3.70. The molecule has 0 fully saturated rings. The molecule has 2 N–H and O–H groups in total. The van der Waals surface area contributed by atoms with Gasteiger partial charge in [-0.05, 0) is 24.6 Å². The van der Waals surface area contributed by atoms with Crippen molar-refractivity contribution in [2.45, 2.75) is 25.1 Å². The molecule has 0 bridgehead atoms. The number of benzene rings is 1. The van der Waals surface area contributed by atoms with Crippen LogP contribution in [0.2, 0.25) is 5.02 Å². The average molecular weight is 288 g/mol. The normalized spacial score (nSPS) is 16.2. The standard InChI is InChI=1S/C13H18ClNO2S/c1-9(15)7-18-8-10-5-11(14)13-12(6-10)16-3-2-4-17-13/h5-6,9H,2-4,7-8,15H2,1H3. The zero-order chi connectivity index (χ0) is 13.0. The van der Waals surface area contributed by atoms with E-state index in [1.54, 1.807) is 11.8 Å². The number of rotatable bonds is 4.